The van der Waals surface area contributed by atoms with Crippen LogP contribution in [0.4, 0.5) is 5.69 Å². The van der Waals surface area contributed by atoms with E-state index in [1.54, 1.807) is 0 Å². The van der Waals surface area contributed by atoms with Gasteiger partial charge in [-0.2, -0.15) is 0 Å². The number of hydrogen-bond acceptors (Lipinski definition) is 5. The molecule has 0 bridgehead atoms. The van der Waals surface area contributed by atoms with Gasteiger partial charge < -0.3 is 16.0 Å². The minimum absolute atomic E-state index is 0.287. The maximum Gasteiger partial charge on any atom is 0.163 e. The van der Waals surface area contributed by atoms with Crippen LogP contribution >= 0.6 is 11.6 Å². The van der Waals surface area contributed by atoms with E-state index in [2.05, 4.69) is 27.7 Å². The van der Waals surface area contributed by atoms with Crippen molar-refractivity contribution in [2.24, 2.45) is 5.73 Å². The highest BCUT2D eigenvalue weighted by atomic mass is 35.5. The number of aryl methyl sites for hydroxylation is 2. The summed E-state index contributed by atoms with van der Waals surface area (Å²) in [6.45, 7) is 9.51. The van der Waals surface area contributed by atoms with Gasteiger partial charge in [0.1, 0.15) is 5.82 Å². The van der Waals surface area contributed by atoms with Crippen LogP contribution in [0.5, 0.6) is 0 Å². The van der Waals surface area contributed by atoms with Gasteiger partial charge in [0, 0.05) is 29.5 Å². The molecule has 0 saturated carbocycles. The SMILES string of the molecule is C=CC(=N)C(=C(C)N)C(c1ccc(Cl)cc1)N(C)c1cc(C)c2nnc(C)n2c1. The lowest BCUT2D eigenvalue weighted by molar-refractivity contribution is 0.775. The number of halogens is 1. The van der Waals surface area contributed by atoms with Gasteiger partial charge in [0.25, 0.3) is 0 Å². The summed E-state index contributed by atoms with van der Waals surface area (Å²) < 4.78 is 1.97. The highest BCUT2D eigenvalue weighted by Crippen LogP contribution is 2.35. The van der Waals surface area contributed by atoms with E-state index >= 15 is 0 Å². The number of aromatic nitrogens is 3. The van der Waals surface area contributed by atoms with Crippen LogP contribution < -0.4 is 10.6 Å². The second-order valence-electron chi connectivity index (χ2n) is 7.10. The largest absolute Gasteiger partial charge is 0.402 e. The first-order valence-electron chi connectivity index (χ1n) is 9.22. The number of pyridine rings is 1. The number of fused-ring (bicyclic) bond motifs is 1. The number of hydrogen-bond donors (Lipinski definition) is 2. The third-order valence-corrected chi connectivity index (χ3v) is 5.27. The molecule has 6 nitrogen and oxygen atoms in total. The van der Waals surface area contributed by atoms with Gasteiger partial charge in [-0.05, 0) is 56.2 Å². The molecule has 3 aromatic rings. The molecule has 0 fully saturated rings. The van der Waals surface area contributed by atoms with Crippen molar-refractivity contribution in [1.82, 2.24) is 14.6 Å². The van der Waals surface area contributed by atoms with Crippen LogP contribution in [0.1, 0.15) is 29.9 Å². The highest BCUT2D eigenvalue weighted by molar-refractivity contribution is 6.30. The molecule has 0 saturated heterocycles. The van der Waals surface area contributed by atoms with Crippen LogP contribution in [-0.4, -0.2) is 27.4 Å². The molecule has 1 unspecified atom stereocenters. The molecular formula is C22H25ClN6. The van der Waals surface area contributed by atoms with Gasteiger partial charge in [0.15, 0.2) is 5.65 Å². The number of nitrogens with zero attached hydrogens (tertiary/aromatic N) is 4. The Balaban J connectivity index is 2.21. The van der Waals surface area contributed by atoms with Gasteiger partial charge in [-0.1, -0.05) is 30.3 Å². The Morgan fingerprint density at radius 3 is 2.52 bits per heavy atom. The van der Waals surface area contributed by atoms with Gasteiger partial charge in [-0.3, -0.25) is 4.40 Å². The Labute approximate surface area is 175 Å². The van der Waals surface area contributed by atoms with Crippen LogP contribution in [0.3, 0.4) is 0 Å². The quantitative estimate of drug-likeness (QED) is 0.583. The van der Waals surface area contributed by atoms with Gasteiger partial charge >= 0.3 is 0 Å². The maximum atomic E-state index is 8.45. The molecule has 2 aromatic heterocycles. The first kappa shape index (κ1) is 20.6. The fourth-order valence-electron chi connectivity index (χ4n) is 3.50. The van der Waals surface area contributed by atoms with Crippen LogP contribution in [0, 0.1) is 19.3 Å². The lowest BCUT2D eigenvalue weighted by Crippen LogP contribution is -2.30. The van der Waals surface area contributed by atoms with Crippen LogP contribution in [-0.2, 0) is 0 Å². The first-order chi connectivity index (χ1) is 13.7. The summed E-state index contributed by atoms with van der Waals surface area (Å²) in [5, 5.41) is 17.5. The molecule has 1 atom stereocenters. The average Bonchev–Trinajstić information content (AvgIpc) is 3.07. The lowest BCUT2D eigenvalue weighted by Gasteiger charge is -2.33. The Kier molecular flexibility index (Phi) is 5.75. The molecule has 3 N–H and O–H groups in total. The Bertz CT molecular complexity index is 1110. The van der Waals surface area contributed by atoms with E-state index in [0.717, 1.165) is 28.3 Å². The van der Waals surface area contributed by atoms with E-state index < -0.39 is 0 Å². The molecule has 3 rings (SSSR count). The van der Waals surface area contributed by atoms with Crippen LogP contribution in [0.15, 0.2) is 60.5 Å². The fourth-order valence-corrected chi connectivity index (χ4v) is 3.63. The molecule has 0 amide bonds. The molecule has 0 aliphatic rings. The summed E-state index contributed by atoms with van der Waals surface area (Å²) in [4.78, 5) is 2.10. The molecular weight excluding hydrogens is 384 g/mol. The number of nitrogens with one attached hydrogen (secondary N) is 1. The third kappa shape index (κ3) is 3.89. The molecule has 1 aromatic carbocycles. The van der Waals surface area contributed by atoms with Crippen molar-refractivity contribution in [2.45, 2.75) is 26.8 Å². The minimum atomic E-state index is -0.295. The van der Waals surface area contributed by atoms with Crippen molar-refractivity contribution in [2.75, 3.05) is 11.9 Å². The maximum absolute atomic E-state index is 8.45. The normalized spacial score (nSPS) is 13.1. The lowest BCUT2D eigenvalue weighted by atomic mass is 9.92. The van der Waals surface area contributed by atoms with E-state index in [0.29, 0.717) is 16.3 Å². The van der Waals surface area contributed by atoms with E-state index in [1.165, 1.54) is 6.08 Å². The number of nitrogens with two attached hydrogens (primary N) is 1. The Morgan fingerprint density at radius 2 is 1.93 bits per heavy atom. The fraction of sp³-hybridized carbons (Fsp3) is 0.227. The van der Waals surface area contributed by atoms with Crippen molar-refractivity contribution in [3.05, 3.63) is 82.4 Å². The van der Waals surface area contributed by atoms with Gasteiger partial charge in [-0.15, -0.1) is 10.2 Å². The molecule has 7 heteroatoms. The third-order valence-electron chi connectivity index (χ3n) is 5.02. The monoisotopic (exact) mass is 408 g/mol. The molecule has 0 radical (unpaired) electrons. The molecule has 0 aliphatic carbocycles. The van der Waals surface area contributed by atoms with E-state index in [-0.39, 0.29) is 11.8 Å². The van der Waals surface area contributed by atoms with Gasteiger partial charge in [0.05, 0.1) is 17.4 Å². The highest BCUT2D eigenvalue weighted by Gasteiger charge is 2.26. The predicted molar refractivity (Wildman–Crippen MR) is 120 cm³/mol. The van der Waals surface area contributed by atoms with Crippen molar-refractivity contribution in [3.63, 3.8) is 0 Å². The zero-order valence-corrected chi connectivity index (χ0v) is 17.8. The summed E-state index contributed by atoms with van der Waals surface area (Å²) in [6, 6.07) is 9.37. The van der Waals surface area contributed by atoms with E-state index in [9.17, 15) is 0 Å². The molecule has 150 valence electrons. The summed E-state index contributed by atoms with van der Waals surface area (Å²) in [5.74, 6) is 0.811. The van der Waals surface area contributed by atoms with Crippen molar-refractivity contribution in [1.29, 1.82) is 5.41 Å². The smallest absolute Gasteiger partial charge is 0.163 e. The number of allylic oxidation sites excluding steroid dienone is 2. The van der Waals surface area contributed by atoms with Crippen molar-refractivity contribution >= 4 is 28.6 Å². The minimum Gasteiger partial charge on any atom is -0.402 e. The summed E-state index contributed by atoms with van der Waals surface area (Å²) in [5.41, 5.74) is 11.6. The molecule has 29 heavy (non-hydrogen) atoms. The predicted octanol–water partition coefficient (Wildman–Crippen LogP) is 4.62. The summed E-state index contributed by atoms with van der Waals surface area (Å²) in [6.07, 6.45) is 3.52. The van der Waals surface area contributed by atoms with Crippen molar-refractivity contribution in [3.8, 4) is 0 Å². The number of anilines is 1. The molecule has 0 spiro atoms. The Morgan fingerprint density at radius 1 is 1.28 bits per heavy atom. The molecule has 2 heterocycles. The summed E-state index contributed by atoms with van der Waals surface area (Å²) in [7, 11) is 1.98. The summed E-state index contributed by atoms with van der Waals surface area (Å²) >= 11 is 6.11. The number of rotatable bonds is 6. The Hall–Kier alpha value is -3.12. The van der Waals surface area contributed by atoms with E-state index in [4.69, 9.17) is 22.7 Å². The van der Waals surface area contributed by atoms with Crippen molar-refractivity contribution < 1.29 is 0 Å². The average molecular weight is 409 g/mol. The topological polar surface area (TPSA) is 83.3 Å². The standard InChI is InChI=1S/C22H25ClN6/c1-6-19(25)20(14(3)24)21(16-7-9-17(23)10-8-16)28(5)18-11-13(2)22-27-26-15(4)29(22)12-18/h6-12,21,25H,1,24H2,2-5H3. The second kappa shape index (κ2) is 8.09. The number of benzene rings is 1. The van der Waals surface area contributed by atoms with Gasteiger partial charge in [0.2, 0.25) is 0 Å². The van der Waals surface area contributed by atoms with Crippen LogP contribution in [0.25, 0.3) is 5.65 Å². The van der Waals surface area contributed by atoms with E-state index in [1.807, 2.05) is 62.7 Å². The second-order valence-corrected chi connectivity index (χ2v) is 7.54. The zero-order valence-electron chi connectivity index (χ0n) is 17.1. The van der Waals surface area contributed by atoms with Gasteiger partial charge in [-0.25, -0.2) is 0 Å². The van der Waals surface area contributed by atoms with Crippen LogP contribution in [0.2, 0.25) is 5.02 Å². The first-order valence-corrected chi connectivity index (χ1v) is 9.60. The molecule has 0 aliphatic heterocycles. The number of likely N-dealkylation sites (N-methyl/N-ethyl adjacent to an activating group) is 1. The zero-order chi connectivity index (χ0) is 21.3.